The Labute approximate surface area is 112 Å². The van der Waals surface area contributed by atoms with Gasteiger partial charge in [0.2, 0.25) is 0 Å². The van der Waals surface area contributed by atoms with Gasteiger partial charge in [0.15, 0.2) is 0 Å². The number of unbranched alkanes of at least 4 members (excludes halogenated alkanes) is 3. The SMILES string of the molecule is CCCCCCC(C)Oc1cc(C)ccc1CN. The highest BCUT2D eigenvalue weighted by Crippen LogP contribution is 2.22. The van der Waals surface area contributed by atoms with Crippen LogP contribution in [0, 0.1) is 6.92 Å². The van der Waals surface area contributed by atoms with Crippen LogP contribution in [0.3, 0.4) is 0 Å². The summed E-state index contributed by atoms with van der Waals surface area (Å²) in [5, 5.41) is 0. The molecule has 0 spiro atoms. The summed E-state index contributed by atoms with van der Waals surface area (Å²) in [4.78, 5) is 0. The first kappa shape index (κ1) is 15.0. The lowest BCUT2D eigenvalue weighted by Gasteiger charge is -2.17. The standard InChI is InChI=1S/C16H27NO/c1-4-5-6-7-8-14(3)18-16-11-13(2)9-10-15(16)12-17/h9-11,14H,4-8,12,17H2,1-3H3. The van der Waals surface area contributed by atoms with Crippen molar-refractivity contribution in [1.82, 2.24) is 0 Å². The van der Waals surface area contributed by atoms with Gasteiger partial charge in [-0.3, -0.25) is 0 Å². The van der Waals surface area contributed by atoms with Crippen molar-refractivity contribution in [3.63, 3.8) is 0 Å². The highest BCUT2D eigenvalue weighted by atomic mass is 16.5. The first-order valence-electron chi connectivity index (χ1n) is 7.13. The first-order chi connectivity index (χ1) is 8.67. The number of ether oxygens (including phenoxy) is 1. The van der Waals surface area contributed by atoms with Crippen molar-refractivity contribution in [2.24, 2.45) is 5.73 Å². The summed E-state index contributed by atoms with van der Waals surface area (Å²) in [5.41, 5.74) is 8.06. The molecule has 2 heteroatoms. The number of nitrogens with two attached hydrogens (primary N) is 1. The zero-order valence-corrected chi connectivity index (χ0v) is 12.0. The van der Waals surface area contributed by atoms with Crippen LogP contribution in [0.15, 0.2) is 18.2 Å². The molecule has 0 radical (unpaired) electrons. The van der Waals surface area contributed by atoms with Crippen molar-refractivity contribution >= 4 is 0 Å². The van der Waals surface area contributed by atoms with Crippen molar-refractivity contribution in [3.8, 4) is 5.75 Å². The molecule has 0 saturated carbocycles. The Kier molecular flexibility index (Phi) is 6.81. The molecule has 1 aromatic rings. The fourth-order valence-corrected chi connectivity index (χ4v) is 2.07. The van der Waals surface area contributed by atoms with E-state index in [1.807, 2.05) is 0 Å². The monoisotopic (exact) mass is 249 g/mol. The van der Waals surface area contributed by atoms with Gasteiger partial charge in [0.1, 0.15) is 5.75 Å². The van der Waals surface area contributed by atoms with Crippen LogP contribution in [0.2, 0.25) is 0 Å². The zero-order valence-electron chi connectivity index (χ0n) is 12.0. The van der Waals surface area contributed by atoms with Crippen molar-refractivity contribution in [2.45, 2.75) is 65.5 Å². The number of aryl methyl sites for hydroxylation is 1. The summed E-state index contributed by atoms with van der Waals surface area (Å²) >= 11 is 0. The van der Waals surface area contributed by atoms with Crippen LogP contribution in [0.25, 0.3) is 0 Å². The lowest BCUT2D eigenvalue weighted by molar-refractivity contribution is 0.204. The molecule has 1 atom stereocenters. The highest BCUT2D eigenvalue weighted by Gasteiger charge is 2.08. The van der Waals surface area contributed by atoms with E-state index < -0.39 is 0 Å². The van der Waals surface area contributed by atoms with Crippen LogP contribution < -0.4 is 10.5 Å². The Bertz CT molecular complexity index is 349. The molecular weight excluding hydrogens is 222 g/mol. The summed E-state index contributed by atoms with van der Waals surface area (Å²) < 4.78 is 6.02. The Balaban J connectivity index is 2.47. The minimum Gasteiger partial charge on any atom is -0.490 e. The van der Waals surface area contributed by atoms with E-state index in [2.05, 4.69) is 39.0 Å². The van der Waals surface area contributed by atoms with Gasteiger partial charge in [0.25, 0.3) is 0 Å². The minimum atomic E-state index is 0.272. The molecule has 1 unspecified atom stereocenters. The normalized spacial score (nSPS) is 12.4. The Morgan fingerprint density at radius 2 is 2.00 bits per heavy atom. The van der Waals surface area contributed by atoms with Crippen LogP contribution in [-0.2, 0) is 6.54 Å². The second-order valence-electron chi connectivity index (χ2n) is 5.09. The summed E-state index contributed by atoms with van der Waals surface area (Å²) in [6.45, 7) is 7.01. The average molecular weight is 249 g/mol. The quantitative estimate of drug-likeness (QED) is 0.701. The van der Waals surface area contributed by atoms with Gasteiger partial charge in [-0.05, 0) is 38.3 Å². The number of rotatable bonds is 8. The molecule has 0 aliphatic rings. The van der Waals surface area contributed by atoms with E-state index in [0.29, 0.717) is 6.54 Å². The molecule has 102 valence electrons. The van der Waals surface area contributed by atoms with Gasteiger partial charge in [0.05, 0.1) is 6.10 Å². The van der Waals surface area contributed by atoms with Crippen molar-refractivity contribution in [2.75, 3.05) is 0 Å². The van der Waals surface area contributed by atoms with Gasteiger partial charge in [-0.2, -0.15) is 0 Å². The second-order valence-corrected chi connectivity index (χ2v) is 5.09. The third kappa shape index (κ3) is 5.09. The topological polar surface area (TPSA) is 35.2 Å². The summed E-state index contributed by atoms with van der Waals surface area (Å²) in [6.07, 6.45) is 6.56. The third-order valence-electron chi connectivity index (χ3n) is 3.23. The fourth-order valence-electron chi connectivity index (χ4n) is 2.07. The fraction of sp³-hybridized carbons (Fsp3) is 0.625. The summed E-state index contributed by atoms with van der Waals surface area (Å²) in [6, 6.07) is 6.24. The van der Waals surface area contributed by atoms with Crippen LogP contribution in [-0.4, -0.2) is 6.10 Å². The molecule has 0 aromatic heterocycles. The lowest BCUT2D eigenvalue weighted by Crippen LogP contribution is -2.13. The van der Waals surface area contributed by atoms with E-state index in [1.165, 1.54) is 31.2 Å². The molecule has 2 nitrogen and oxygen atoms in total. The van der Waals surface area contributed by atoms with E-state index in [4.69, 9.17) is 10.5 Å². The molecule has 1 rings (SSSR count). The van der Waals surface area contributed by atoms with E-state index >= 15 is 0 Å². The van der Waals surface area contributed by atoms with Gasteiger partial charge in [-0.15, -0.1) is 0 Å². The van der Waals surface area contributed by atoms with Crippen molar-refractivity contribution < 1.29 is 4.74 Å². The maximum absolute atomic E-state index is 6.02. The van der Waals surface area contributed by atoms with Crippen LogP contribution in [0.1, 0.15) is 57.1 Å². The van der Waals surface area contributed by atoms with E-state index in [1.54, 1.807) is 0 Å². The van der Waals surface area contributed by atoms with E-state index in [-0.39, 0.29) is 6.10 Å². The summed E-state index contributed by atoms with van der Waals surface area (Å²) in [7, 11) is 0. The summed E-state index contributed by atoms with van der Waals surface area (Å²) in [5.74, 6) is 0.959. The minimum absolute atomic E-state index is 0.272. The van der Waals surface area contributed by atoms with E-state index in [9.17, 15) is 0 Å². The Hall–Kier alpha value is -1.02. The molecule has 1 aromatic carbocycles. The molecule has 18 heavy (non-hydrogen) atoms. The van der Waals surface area contributed by atoms with Gasteiger partial charge in [-0.1, -0.05) is 38.3 Å². The predicted molar refractivity (Wildman–Crippen MR) is 77.9 cm³/mol. The lowest BCUT2D eigenvalue weighted by atomic mass is 10.1. The van der Waals surface area contributed by atoms with Crippen molar-refractivity contribution in [3.05, 3.63) is 29.3 Å². The molecule has 0 bridgehead atoms. The third-order valence-corrected chi connectivity index (χ3v) is 3.23. The maximum atomic E-state index is 6.02. The van der Waals surface area contributed by atoms with Gasteiger partial charge in [-0.25, -0.2) is 0 Å². The van der Waals surface area contributed by atoms with Gasteiger partial charge < -0.3 is 10.5 Å². The molecule has 0 fully saturated rings. The molecule has 0 heterocycles. The zero-order chi connectivity index (χ0) is 13.4. The number of hydrogen-bond donors (Lipinski definition) is 1. The van der Waals surface area contributed by atoms with Crippen molar-refractivity contribution in [1.29, 1.82) is 0 Å². The Morgan fingerprint density at radius 1 is 1.22 bits per heavy atom. The number of hydrogen-bond acceptors (Lipinski definition) is 2. The molecular formula is C16H27NO. The van der Waals surface area contributed by atoms with Crippen LogP contribution in [0.5, 0.6) is 5.75 Å². The Morgan fingerprint density at radius 3 is 2.67 bits per heavy atom. The predicted octanol–water partition coefficient (Wildman–Crippen LogP) is 4.19. The average Bonchev–Trinajstić information content (AvgIpc) is 2.35. The van der Waals surface area contributed by atoms with Crippen LogP contribution >= 0.6 is 0 Å². The van der Waals surface area contributed by atoms with E-state index in [0.717, 1.165) is 17.7 Å². The second kappa shape index (κ2) is 8.15. The maximum Gasteiger partial charge on any atom is 0.124 e. The highest BCUT2D eigenvalue weighted by molar-refractivity contribution is 5.37. The first-order valence-corrected chi connectivity index (χ1v) is 7.13. The number of benzene rings is 1. The van der Waals surface area contributed by atoms with Crippen LogP contribution in [0.4, 0.5) is 0 Å². The van der Waals surface area contributed by atoms with Gasteiger partial charge >= 0.3 is 0 Å². The molecule has 0 saturated heterocycles. The molecule has 0 aliphatic carbocycles. The molecule has 2 N–H and O–H groups in total. The molecule has 0 aliphatic heterocycles. The largest absolute Gasteiger partial charge is 0.490 e. The van der Waals surface area contributed by atoms with Gasteiger partial charge in [0, 0.05) is 12.1 Å². The molecule has 0 amide bonds. The smallest absolute Gasteiger partial charge is 0.124 e.